The third kappa shape index (κ3) is 5.64. The minimum atomic E-state index is -1.74. The van der Waals surface area contributed by atoms with Gasteiger partial charge < -0.3 is 10.1 Å². The molecule has 2 amide bonds. The number of ether oxygens (including phenoxy) is 1. The van der Waals surface area contributed by atoms with Crippen molar-refractivity contribution < 1.29 is 23.1 Å². The molecule has 1 N–H and O–H groups in total. The second-order valence-electron chi connectivity index (χ2n) is 13.7. The molecule has 2 saturated heterocycles. The predicted molar refractivity (Wildman–Crippen MR) is 179 cm³/mol. The number of hydrogen-bond acceptors (Lipinski definition) is 5. The van der Waals surface area contributed by atoms with Crippen molar-refractivity contribution in [2.75, 3.05) is 19.1 Å². The van der Waals surface area contributed by atoms with Gasteiger partial charge in [-0.2, -0.15) is 5.26 Å². The third-order valence-electron chi connectivity index (χ3n) is 9.28. The lowest BCUT2D eigenvalue weighted by Gasteiger charge is -2.43. The van der Waals surface area contributed by atoms with Gasteiger partial charge in [0.05, 0.1) is 30.1 Å². The summed E-state index contributed by atoms with van der Waals surface area (Å²) in [6, 6.07) is 14.0. The van der Waals surface area contributed by atoms with Gasteiger partial charge in [0.15, 0.2) is 0 Å². The van der Waals surface area contributed by atoms with E-state index in [1.165, 1.54) is 38.4 Å². The minimum absolute atomic E-state index is 0.0341. The first-order chi connectivity index (χ1) is 22.1. The van der Waals surface area contributed by atoms with Crippen LogP contribution in [0.2, 0.25) is 10.0 Å². The first-order valence-electron chi connectivity index (χ1n) is 15.4. The molecule has 0 saturated carbocycles. The van der Waals surface area contributed by atoms with E-state index in [9.17, 15) is 10.1 Å². The molecule has 2 heterocycles. The summed E-state index contributed by atoms with van der Waals surface area (Å²) in [5, 5.41) is 13.9. The largest absolute Gasteiger partial charge is 0.495 e. The van der Waals surface area contributed by atoms with E-state index in [0.717, 1.165) is 6.07 Å². The molecule has 7 nitrogen and oxygen atoms in total. The molecule has 3 aromatic carbocycles. The average Bonchev–Trinajstić information content (AvgIpc) is 3.46. The first-order valence-corrected chi connectivity index (χ1v) is 16.2. The molecule has 0 aromatic heterocycles. The van der Waals surface area contributed by atoms with Crippen LogP contribution in [0.4, 0.5) is 14.5 Å². The number of benzene rings is 3. The van der Waals surface area contributed by atoms with E-state index in [-0.39, 0.29) is 33.0 Å². The highest BCUT2D eigenvalue weighted by Crippen LogP contribution is 2.60. The fraction of sp³-hybridized carbons (Fsp3) is 0.417. The van der Waals surface area contributed by atoms with Crippen LogP contribution in [0.5, 0.6) is 5.75 Å². The van der Waals surface area contributed by atoms with E-state index in [1.807, 2.05) is 39.5 Å². The van der Waals surface area contributed by atoms with Crippen molar-refractivity contribution in [2.45, 2.75) is 70.6 Å². The number of fused-ring (bicyclic) bond motifs is 1. The van der Waals surface area contributed by atoms with E-state index in [2.05, 4.69) is 11.4 Å². The van der Waals surface area contributed by atoms with Gasteiger partial charge in [-0.1, -0.05) is 76.0 Å². The van der Waals surface area contributed by atoms with Crippen molar-refractivity contribution in [3.05, 3.63) is 93.0 Å². The standard InChI is InChI=1S/C36H38Cl2F2N4O3/c1-19(2)33-43(26-14-11-20(32(45)42-6)15-27(26)47-7)34(46)31-29(22-9-8-10-24(38)30(22)40)36(18-41,23-13-12-21(37)16-25(23)39)28(44(31)33)17-35(3,4)5/h8-16,19,28-29,31,33H,17H2,1-7H3,(H,42,45)/t28-,29-,31+,33?,36-/m0/s1. The second-order valence-corrected chi connectivity index (χ2v) is 14.6. The van der Waals surface area contributed by atoms with Crippen LogP contribution in [0.3, 0.4) is 0 Å². The zero-order chi connectivity index (χ0) is 34.6. The van der Waals surface area contributed by atoms with Gasteiger partial charge >= 0.3 is 0 Å². The van der Waals surface area contributed by atoms with Crippen LogP contribution in [0.1, 0.15) is 68.4 Å². The zero-order valence-corrected chi connectivity index (χ0v) is 28.9. The Morgan fingerprint density at radius 3 is 2.40 bits per heavy atom. The lowest BCUT2D eigenvalue weighted by atomic mass is 9.62. The van der Waals surface area contributed by atoms with Crippen LogP contribution in [0.25, 0.3) is 0 Å². The number of carbonyl (C=O) groups excluding carboxylic acids is 2. The van der Waals surface area contributed by atoms with Gasteiger partial charge in [0.2, 0.25) is 5.91 Å². The van der Waals surface area contributed by atoms with Gasteiger partial charge in [0.1, 0.15) is 28.8 Å². The van der Waals surface area contributed by atoms with Crippen LogP contribution in [-0.4, -0.2) is 49.1 Å². The summed E-state index contributed by atoms with van der Waals surface area (Å²) in [5.41, 5.74) is -1.32. The Morgan fingerprint density at radius 1 is 1.13 bits per heavy atom. The van der Waals surface area contributed by atoms with E-state index in [0.29, 0.717) is 23.4 Å². The number of nitrogens with one attached hydrogen (secondary N) is 1. The third-order valence-corrected chi connectivity index (χ3v) is 9.81. The summed E-state index contributed by atoms with van der Waals surface area (Å²) < 4.78 is 38.2. The maximum Gasteiger partial charge on any atom is 0.251 e. The molecule has 248 valence electrons. The van der Waals surface area contributed by atoms with Gasteiger partial charge in [-0.15, -0.1) is 0 Å². The average molecular weight is 684 g/mol. The van der Waals surface area contributed by atoms with Gasteiger partial charge in [-0.3, -0.25) is 19.4 Å². The Labute approximate surface area is 284 Å². The predicted octanol–water partition coefficient (Wildman–Crippen LogP) is 7.70. The molecular formula is C36H38Cl2F2N4O3. The van der Waals surface area contributed by atoms with Gasteiger partial charge in [-0.05, 0) is 59.7 Å². The lowest BCUT2D eigenvalue weighted by Crippen LogP contribution is -2.53. The van der Waals surface area contributed by atoms with Crippen LogP contribution in [0.15, 0.2) is 54.6 Å². The Balaban J connectivity index is 1.86. The van der Waals surface area contributed by atoms with E-state index in [1.54, 1.807) is 29.2 Å². The Morgan fingerprint density at radius 2 is 1.83 bits per heavy atom. The molecule has 0 radical (unpaired) electrons. The highest BCUT2D eigenvalue weighted by atomic mass is 35.5. The molecule has 0 aliphatic carbocycles. The molecule has 47 heavy (non-hydrogen) atoms. The normalized spacial score (nSPS) is 24.4. The van der Waals surface area contributed by atoms with Crippen LogP contribution < -0.4 is 15.0 Å². The number of amides is 2. The molecule has 2 fully saturated rings. The van der Waals surface area contributed by atoms with Crippen molar-refractivity contribution in [3.8, 4) is 11.8 Å². The van der Waals surface area contributed by atoms with E-state index >= 15 is 13.6 Å². The van der Waals surface area contributed by atoms with Gasteiger partial charge in [0, 0.05) is 35.2 Å². The van der Waals surface area contributed by atoms with Crippen LogP contribution >= 0.6 is 23.2 Å². The molecule has 5 atom stereocenters. The number of methoxy groups -OCH3 is 1. The SMILES string of the molecule is CNC(=O)c1ccc(N2C(=O)[C@H]3[C@H](c4cccc(Cl)c4F)[C@@](C#N)(c4ccc(Cl)cc4F)[C@H](CC(C)(C)C)N3C2C(C)C)c(OC)c1. The maximum absolute atomic E-state index is 16.3. The highest BCUT2D eigenvalue weighted by molar-refractivity contribution is 6.31. The van der Waals surface area contributed by atoms with Gasteiger partial charge in [0.25, 0.3) is 5.91 Å². The molecule has 0 bridgehead atoms. The number of rotatable bonds is 7. The van der Waals surface area contributed by atoms with E-state index in [4.69, 9.17) is 27.9 Å². The summed E-state index contributed by atoms with van der Waals surface area (Å²) >= 11 is 12.5. The molecule has 2 aliphatic rings. The molecule has 2 aliphatic heterocycles. The van der Waals surface area contributed by atoms with Crippen molar-refractivity contribution >= 4 is 40.7 Å². The summed E-state index contributed by atoms with van der Waals surface area (Å²) in [7, 11) is 2.97. The minimum Gasteiger partial charge on any atom is -0.495 e. The number of nitriles is 1. The number of anilines is 1. The van der Waals surface area contributed by atoms with Crippen molar-refractivity contribution in [3.63, 3.8) is 0 Å². The first kappa shape index (κ1) is 34.6. The Hall–Kier alpha value is -3.71. The number of halogens is 4. The smallest absolute Gasteiger partial charge is 0.251 e. The van der Waals surface area contributed by atoms with Crippen molar-refractivity contribution in [1.29, 1.82) is 5.26 Å². The van der Waals surface area contributed by atoms with Gasteiger partial charge in [-0.25, -0.2) is 8.78 Å². The Bertz CT molecular complexity index is 1770. The number of carbonyl (C=O) groups is 2. The number of hydrogen-bond donors (Lipinski definition) is 1. The zero-order valence-electron chi connectivity index (χ0n) is 27.4. The lowest BCUT2D eigenvalue weighted by molar-refractivity contribution is -0.119. The molecule has 5 rings (SSSR count). The molecule has 11 heteroatoms. The second kappa shape index (κ2) is 12.7. The monoisotopic (exact) mass is 682 g/mol. The van der Waals surface area contributed by atoms with E-state index < -0.39 is 52.5 Å². The van der Waals surface area contributed by atoms with Crippen LogP contribution in [-0.2, 0) is 10.2 Å². The summed E-state index contributed by atoms with van der Waals surface area (Å²) in [6.45, 7) is 9.94. The quantitative estimate of drug-likeness (QED) is 0.276. The summed E-state index contributed by atoms with van der Waals surface area (Å²) in [4.78, 5) is 31.1. The van der Waals surface area contributed by atoms with Crippen molar-refractivity contribution in [1.82, 2.24) is 10.2 Å². The highest BCUT2D eigenvalue weighted by Gasteiger charge is 2.70. The molecular weight excluding hydrogens is 645 g/mol. The maximum atomic E-state index is 16.3. The molecule has 3 aromatic rings. The molecule has 0 spiro atoms. The summed E-state index contributed by atoms with van der Waals surface area (Å²) in [6.07, 6.45) is -0.301. The fourth-order valence-corrected chi connectivity index (χ4v) is 7.89. The Kier molecular flexibility index (Phi) is 9.37. The molecule has 1 unspecified atom stereocenters. The topological polar surface area (TPSA) is 85.7 Å². The van der Waals surface area contributed by atoms with Crippen LogP contribution in [0, 0.1) is 34.3 Å². The number of nitrogens with zero attached hydrogens (tertiary/aromatic N) is 3. The van der Waals surface area contributed by atoms with Crippen molar-refractivity contribution in [2.24, 2.45) is 11.3 Å². The summed E-state index contributed by atoms with van der Waals surface area (Å²) in [5.74, 6) is -3.33. The fourth-order valence-electron chi connectivity index (χ4n) is 7.55.